The standard InChI is InChI=1S/C29H33N3O4/c1-35-24-12-10-23(11-13-24)28(34)25-8-5-9-26(29(25)36-20-22-6-3-2-4-7-22)31-19-27(33)32-18-21-14-16-30-17-15-21/h2-13,21,30-31H,14-20H2,1H3,(H,32,33). The number of amides is 1. The monoisotopic (exact) mass is 487 g/mol. The molecule has 0 unspecified atom stereocenters. The van der Waals surface area contributed by atoms with Crippen LogP contribution in [0.3, 0.4) is 0 Å². The van der Waals surface area contributed by atoms with E-state index in [9.17, 15) is 9.59 Å². The molecule has 1 amide bonds. The molecule has 1 fully saturated rings. The average molecular weight is 488 g/mol. The number of carbonyl (C=O) groups is 2. The lowest BCUT2D eigenvalue weighted by Crippen LogP contribution is -2.38. The van der Waals surface area contributed by atoms with Gasteiger partial charge in [0.25, 0.3) is 0 Å². The number of ether oxygens (including phenoxy) is 2. The van der Waals surface area contributed by atoms with Gasteiger partial charge in [0.15, 0.2) is 11.5 Å². The van der Waals surface area contributed by atoms with E-state index in [-0.39, 0.29) is 18.2 Å². The third kappa shape index (κ3) is 6.86. The number of para-hydroxylation sites is 1. The Morgan fingerprint density at radius 2 is 1.69 bits per heavy atom. The molecule has 0 atom stereocenters. The predicted molar refractivity (Wildman–Crippen MR) is 141 cm³/mol. The quantitative estimate of drug-likeness (QED) is 0.354. The maximum Gasteiger partial charge on any atom is 0.239 e. The Balaban J connectivity index is 1.50. The van der Waals surface area contributed by atoms with Gasteiger partial charge in [0.1, 0.15) is 12.4 Å². The number of methoxy groups -OCH3 is 1. The third-order valence-electron chi connectivity index (χ3n) is 6.32. The number of carbonyl (C=O) groups excluding carboxylic acids is 2. The molecule has 0 aromatic heterocycles. The molecular formula is C29H33N3O4. The number of benzene rings is 3. The number of anilines is 1. The minimum Gasteiger partial charge on any atom is -0.497 e. The van der Waals surface area contributed by atoms with Gasteiger partial charge >= 0.3 is 0 Å². The molecule has 3 N–H and O–H groups in total. The van der Waals surface area contributed by atoms with E-state index in [1.807, 2.05) is 36.4 Å². The molecule has 0 radical (unpaired) electrons. The Bertz CT molecular complexity index is 1140. The van der Waals surface area contributed by atoms with Gasteiger partial charge in [0.2, 0.25) is 5.91 Å². The molecule has 4 rings (SSSR count). The Kier molecular flexibility index (Phi) is 8.94. The van der Waals surface area contributed by atoms with Crippen LogP contribution in [0.2, 0.25) is 0 Å². The van der Waals surface area contributed by atoms with Crippen LogP contribution in [0.15, 0.2) is 72.8 Å². The number of nitrogens with one attached hydrogen (secondary N) is 3. The fraction of sp³-hybridized carbons (Fsp3) is 0.310. The Hall–Kier alpha value is -3.84. The predicted octanol–water partition coefficient (Wildman–Crippen LogP) is 4.03. The van der Waals surface area contributed by atoms with Crippen LogP contribution in [0.4, 0.5) is 5.69 Å². The first-order valence-corrected chi connectivity index (χ1v) is 12.3. The van der Waals surface area contributed by atoms with Gasteiger partial charge in [0.05, 0.1) is 24.9 Å². The molecule has 1 aliphatic heterocycles. The van der Waals surface area contributed by atoms with Gasteiger partial charge in [0, 0.05) is 12.1 Å². The van der Waals surface area contributed by atoms with Crippen molar-refractivity contribution in [3.63, 3.8) is 0 Å². The van der Waals surface area contributed by atoms with Gasteiger partial charge < -0.3 is 25.4 Å². The summed E-state index contributed by atoms with van der Waals surface area (Å²) in [6, 6.07) is 22.1. The fourth-order valence-electron chi connectivity index (χ4n) is 4.22. The molecule has 1 heterocycles. The van der Waals surface area contributed by atoms with E-state index in [1.165, 1.54) is 0 Å². The summed E-state index contributed by atoms with van der Waals surface area (Å²) in [6.45, 7) is 3.05. The highest BCUT2D eigenvalue weighted by molar-refractivity contribution is 6.11. The average Bonchev–Trinajstić information content (AvgIpc) is 2.94. The van der Waals surface area contributed by atoms with Crippen molar-refractivity contribution in [3.8, 4) is 11.5 Å². The van der Waals surface area contributed by atoms with Crippen molar-refractivity contribution in [2.45, 2.75) is 19.4 Å². The Morgan fingerprint density at radius 3 is 2.42 bits per heavy atom. The van der Waals surface area contributed by atoms with Crippen molar-refractivity contribution in [3.05, 3.63) is 89.5 Å². The molecule has 0 bridgehead atoms. The van der Waals surface area contributed by atoms with Crippen LogP contribution in [0.5, 0.6) is 11.5 Å². The van der Waals surface area contributed by atoms with Crippen LogP contribution >= 0.6 is 0 Å². The molecule has 7 nitrogen and oxygen atoms in total. The normalized spacial score (nSPS) is 13.6. The summed E-state index contributed by atoms with van der Waals surface area (Å²) >= 11 is 0. The number of hydrogen-bond acceptors (Lipinski definition) is 6. The molecule has 1 saturated heterocycles. The van der Waals surface area contributed by atoms with Gasteiger partial charge in [-0.15, -0.1) is 0 Å². The minimum atomic E-state index is -0.167. The molecule has 3 aromatic rings. The molecule has 0 aliphatic carbocycles. The van der Waals surface area contributed by atoms with Gasteiger partial charge in [-0.05, 0) is 73.8 Å². The van der Waals surface area contributed by atoms with Gasteiger partial charge in [-0.25, -0.2) is 0 Å². The third-order valence-corrected chi connectivity index (χ3v) is 6.32. The van der Waals surface area contributed by atoms with E-state index in [4.69, 9.17) is 9.47 Å². The molecule has 1 aliphatic rings. The zero-order valence-corrected chi connectivity index (χ0v) is 20.6. The molecule has 3 aromatic carbocycles. The van der Waals surface area contributed by atoms with Gasteiger partial charge in [-0.2, -0.15) is 0 Å². The summed E-state index contributed by atoms with van der Waals surface area (Å²) in [5, 5.41) is 9.54. The van der Waals surface area contributed by atoms with E-state index >= 15 is 0 Å². The summed E-state index contributed by atoms with van der Waals surface area (Å²) in [6.07, 6.45) is 2.14. The van der Waals surface area contributed by atoms with Crippen molar-refractivity contribution in [2.75, 3.05) is 38.6 Å². The first kappa shape index (κ1) is 25.3. The van der Waals surface area contributed by atoms with Crippen LogP contribution in [-0.4, -0.2) is 45.0 Å². The van der Waals surface area contributed by atoms with Crippen molar-refractivity contribution in [2.24, 2.45) is 5.92 Å². The lowest BCUT2D eigenvalue weighted by Gasteiger charge is -2.23. The van der Waals surface area contributed by atoms with Crippen LogP contribution in [-0.2, 0) is 11.4 Å². The number of piperidine rings is 1. The summed E-state index contributed by atoms with van der Waals surface area (Å²) in [5.74, 6) is 1.35. The molecular weight excluding hydrogens is 454 g/mol. The van der Waals surface area contributed by atoms with Gasteiger partial charge in [-0.3, -0.25) is 9.59 Å². The lowest BCUT2D eigenvalue weighted by molar-refractivity contribution is -0.119. The summed E-state index contributed by atoms with van der Waals surface area (Å²) in [7, 11) is 1.59. The van der Waals surface area contributed by atoms with Crippen LogP contribution in [0.25, 0.3) is 0 Å². The van der Waals surface area contributed by atoms with E-state index < -0.39 is 0 Å². The molecule has 0 saturated carbocycles. The van der Waals surface area contributed by atoms with Crippen molar-refractivity contribution in [1.82, 2.24) is 10.6 Å². The highest BCUT2D eigenvalue weighted by Gasteiger charge is 2.19. The second-order valence-corrected chi connectivity index (χ2v) is 8.87. The SMILES string of the molecule is COc1ccc(C(=O)c2cccc(NCC(=O)NCC3CCNCC3)c2OCc2ccccc2)cc1. The van der Waals surface area contributed by atoms with Crippen LogP contribution < -0.4 is 25.4 Å². The molecule has 7 heteroatoms. The molecule has 188 valence electrons. The lowest BCUT2D eigenvalue weighted by atomic mass is 9.98. The maximum absolute atomic E-state index is 13.4. The van der Waals surface area contributed by atoms with Crippen LogP contribution in [0.1, 0.15) is 34.3 Å². The highest BCUT2D eigenvalue weighted by Crippen LogP contribution is 2.32. The van der Waals surface area contributed by atoms with Crippen molar-refractivity contribution >= 4 is 17.4 Å². The largest absolute Gasteiger partial charge is 0.497 e. The first-order valence-electron chi connectivity index (χ1n) is 12.3. The second kappa shape index (κ2) is 12.7. The number of ketones is 1. The highest BCUT2D eigenvalue weighted by atomic mass is 16.5. The zero-order valence-electron chi connectivity index (χ0n) is 20.6. The summed E-state index contributed by atoms with van der Waals surface area (Å²) in [5.41, 5.74) is 2.53. The van der Waals surface area contributed by atoms with E-state index in [0.29, 0.717) is 47.4 Å². The molecule has 36 heavy (non-hydrogen) atoms. The van der Waals surface area contributed by atoms with E-state index in [1.54, 1.807) is 43.5 Å². The second-order valence-electron chi connectivity index (χ2n) is 8.87. The smallest absolute Gasteiger partial charge is 0.239 e. The van der Waals surface area contributed by atoms with E-state index in [2.05, 4.69) is 16.0 Å². The topological polar surface area (TPSA) is 88.7 Å². The minimum absolute atomic E-state index is 0.0885. The molecule has 0 spiro atoms. The Morgan fingerprint density at radius 1 is 0.944 bits per heavy atom. The number of hydrogen-bond donors (Lipinski definition) is 3. The first-order chi connectivity index (χ1) is 17.6. The fourth-order valence-corrected chi connectivity index (χ4v) is 4.22. The van der Waals surface area contributed by atoms with E-state index in [0.717, 1.165) is 31.5 Å². The summed E-state index contributed by atoms with van der Waals surface area (Å²) in [4.78, 5) is 26.0. The van der Waals surface area contributed by atoms with Crippen molar-refractivity contribution < 1.29 is 19.1 Å². The van der Waals surface area contributed by atoms with Crippen molar-refractivity contribution in [1.29, 1.82) is 0 Å². The van der Waals surface area contributed by atoms with Gasteiger partial charge in [-0.1, -0.05) is 36.4 Å². The zero-order chi connectivity index (χ0) is 25.2. The summed E-state index contributed by atoms with van der Waals surface area (Å²) < 4.78 is 11.4. The number of rotatable bonds is 11. The maximum atomic E-state index is 13.4. The van der Waals surface area contributed by atoms with Crippen LogP contribution in [0, 0.1) is 5.92 Å². The Labute approximate surface area is 212 Å².